The van der Waals surface area contributed by atoms with Crippen LogP contribution >= 0.6 is 0 Å². The van der Waals surface area contributed by atoms with Crippen molar-refractivity contribution >= 4 is 5.69 Å². The molecule has 0 aliphatic rings. The van der Waals surface area contributed by atoms with Crippen molar-refractivity contribution < 1.29 is 9.84 Å². The minimum atomic E-state index is 0.295. The highest BCUT2D eigenvalue weighted by atomic mass is 16.5. The van der Waals surface area contributed by atoms with Gasteiger partial charge in [0, 0.05) is 17.8 Å². The SMILES string of the molecule is COc1cc(C)c(O)c(CNNc2ccccc2)c1. The van der Waals surface area contributed by atoms with E-state index >= 15 is 0 Å². The molecule has 0 radical (unpaired) electrons. The second kappa shape index (κ2) is 6.11. The van der Waals surface area contributed by atoms with E-state index in [1.807, 2.05) is 49.4 Å². The number of nitrogens with one attached hydrogen (secondary N) is 2. The van der Waals surface area contributed by atoms with Crippen molar-refractivity contribution in [3.63, 3.8) is 0 Å². The maximum atomic E-state index is 9.99. The summed E-state index contributed by atoms with van der Waals surface area (Å²) in [7, 11) is 1.62. The first-order valence-corrected chi connectivity index (χ1v) is 6.11. The van der Waals surface area contributed by atoms with Crippen LogP contribution in [0.3, 0.4) is 0 Å². The molecule has 0 aliphatic carbocycles. The standard InChI is InChI=1S/C15H18N2O2/c1-11-8-14(19-2)9-12(15(11)18)10-16-17-13-6-4-3-5-7-13/h3-9,16-18H,10H2,1-2H3. The molecule has 0 atom stereocenters. The lowest BCUT2D eigenvalue weighted by Gasteiger charge is -2.12. The van der Waals surface area contributed by atoms with Crippen LogP contribution in [-0.2, 0) is 6.54 Å². The molecular formula is C15H18N2O2. The number of phenols is 1. The molecule has 4 heteroatoms. The quantitative estimate of drug-likeness (QED) is 0.722. The van der Waals surface area contributed by atoms with Gasteiger partial charge >= 0.3 is 0 Å². The first-order valence-electron chi connectivity index (χ1n) is 6.11. The van der Waals surface area contributed by atoms with Crippen LogP contribution in [0.1, 0.15) is 11.1 Å². The van der Waals surface area contributed by atoms with E-state index in [1.54, 1.807) is 7.11 Å². The summed E-state index contributed by atoms with van der Waals surface area (Å²) in [6.45, 7) is 2.35. The number of ether oxygens (including phenoxy) is 1. The van der Waals surface area contributed by atoms with Gasteiger partial charge in [-0.1, -0.05) is 18.2 Å². The number of hydrazine groups is 1. The summed E-state index contributed by atoms with van der Waals surface area (Å²) in [6.07, 6.45) is 0. The number of aryl methyl sites for hydroxylation is 1. The van der Waals surface area contributed by atoms with E-state index in [1.165, 1.54) is 0 Å². The molecule has 19 heavy (non-hydrogen) atoms. The third kappa shape index (κ3) is 3.39. The number of benzene rings is 2. The van der Waals surface area contributed by atoms with Crippen molar-refractivity contribution in [3.8, 4) is 11.5 Å². The minimum absolute atomic E-state index is 0.295. The highest BCUT2D eigenvalue weighted by Gasteiger charge is 2.07. The molecule has 0 heterocycles. The maximum absolute atomic E-state index is 9.99. The van der Waals surface area contributed by atoms with E-state index in [0.29, 0.717) is 12.3 Å². The molecule has 2 aromatic rings. The van der Waals surface area contributed by atoms with E-state index < -0.39 is 0 Å². The van der Waals surface area contributed by atoms with Gasteiger partial charge in [0.05, 0.1) is 7.11 Å². The zero-order valence-electron chi connectivity index (χ0n) is 11.1. The largest absolute Gasteiger partial charge is 0.507 e. The summed E-state index contributed by atoms with van der Waals surface area (Å²) in [5.41, 5.74) is 8.71. The number of rotatable bonds is 5. The minimum Gasteiger partial charge on any atom is -0.507 e. The molecule has 0 aliphatic heterocycles. The van der Waals surface area contributed by atoms with Crippen LogP contribution in [0.25, 0.3) is 0 Å². The zero-order valence-corrected chi connectivity index (χ0v) is 11.1. The Morgan fingerprint density at radius 1 is 1.16 bits per heavy atom. The lowest BCUT2D eigenvalue weighted by atomic mass is 10.1. The summed E-state index contributed by atoms with van der Waals surface area (Å²) >= 11 is 0. The number of anilines is 1. The molecular weight excluding hydrogens is 240 g/mol. The predicted molar refractivity (Wildman–Crippen MR) is 76.3 cm³/mol. The Bertz CT molecular complexity index is 541. The second-order valence-corrected chi connectivity index (χ2v) is 4.30. The van der Waals surface area contributed by atoms with Crippen molar-refractivity contribution in [2.45, 2.75) is 13.5 Å². The van der Waals surface area contributed by atoms with Crippen LogP contribution in [0.15, 0.2) is 42.5 Å². The van der Waals surface area contributed by atoms with Crippen LogP contribution in [0.2, 0.25) is 0 Å². The van der Waals surface area contributed by atoms with Gasteiger partial charge < -0.3 is 15.3 Å². The number of hydrogen-bond acceptors (Lipinski definition) is 4. The van der Waals surface area contributed by atoms with Gasteiger partial charge in [-0.2, -0.15) is 0 Å². The summed E-state index contributed by atoms with van der Waals surface area (Å²) in [5.74, 6) is 1.04. The van der Waals surface area contributed by atoms with Crippen LogP contribution in [0, 0.1) is 6.92 Å². The van der Waals surface area contributed by atoms with Gasteiger partial charge in [-0.3, -0.25) is 0 Å². The molecule has 2 aromatic carbocycles. The number of hydrogen-bond donors (Lipinski definition) is 3. The predicted octanol–water partition coefficient (Wildman–Crippen LogP) is 2.83. The Labute approximate surface area is 113 Å². The maximum Gasteiger partial charge on any atom is 0.123 e. The van der Waals surface area contributed by atoms with E-state index in [0.717, 1.165) is 22.6 Å². The van der Waals surface area contributed by atoms with Gasteiger partial charge in [0.15, 0.2) is 0 Å². The second-order valence-electron chi connectivity index (χ2n) is 4.30. The normalized spacial score (nSPS) is 10.2. The molecule has 0 aromatic heterocycles. The molecule has 0 saturated carbocycles. The Morgan fingerprint density at radius 3 is 2.58 bits per heavy atom. The lowest BCUT2D eigenvalue weighted by Crippen LogP contribution is -2.20. The van der Waals surface area contributed by atoms with Crippen molar-refractivity contribution in [1.29, 1.82) is 0 Å². The fourth-order valence-corrected chi connectivity index (χ4v) is 1.83. The van der Waals surface area contributed by atoms with Crippen molar-refractivity contribution in [1.82, 2.24) is 5.43 Å². The molecule has 0 bridgehead atoms. The Morgan fingerprint density at radius 2 is 1.89 bits per heavy atom. The molecule has 0 saturated heterocycles. The van der Waals surface area contributed by atoms with Crippen LogP contribution in [0.4, 0.5) is 5.69 Å². The Hall–Kier alpha value is -2.20. The molecule has 4 nitrogen and oxygen atoms in total. The van der Waals surface area contributed by atoms with E-state index in [9.17, 15) is 5.11 Å². The number of phenolic OH excluding ortho intramolecular Hbond substituents is 1. The van der Waals surface area contributed by atoms with Gasteiger partial charge in [-0.15, -0.1) is 0 Å². The average Bonchev–Trinajstić information content (AvgIpc) is 2.44. The van der Waals surface area contributed by atoms with Gasteiger partial charge in [0.25, 0.3) is 0 Å². The van der Waals surface area contributed by atoms with Crippen LogP contribution < -0.4 is 15.6 Å². The summed E-state index contributed by atoms with van der Waals surface area (Å²) in [5, 5.41) is 9.99. The van der Waals surface area contributed by atoms with Crippen molar-refractivity contribution in [2.24, 2.45) is 0 Å². The van der Waals surface area contributed by atoms with Gasteiger partial charge in [0.1, 0.15) is 11.5 Å². The van der Waals surface area contributed by atoms with Gasteiger partial charge in [-0.25, -0.2) is 5.43 Å². The van der Waals surface area contributed by atoms with Crippen LogP contribution in [0.5, 0.6) is 11.5 Å². The Kier molecular flexibility index (Phi) is 4.26. The Balaban J connectivity index is 2.01. The first-order chi connectivity index (χ1) is 9.20. The number of aromatic hydroxyl groups is 1. The smallest absolute Gasteiger partial charge is 0.123 e. The average molecular weight is 258 g/mol. The van der Waals surface area contributed by atoms with Crippen molar-refractivity contribution in [2.75, 3.05) is 12.5 Å². The molecule has 3 N–H and O–H groups in total. The third-order valence-corrected chi connectivity index (χ3v) is 2.87. The summed E-state index contributed by atoms with van der Waals surface area (Å²) in [6, 6.07) is 13.4. The molecule has 0 unspecified atom stereocenters. The third-order valence-electron chi connectivity index (χ3n) is 2.87. The molecule has 0 amide bonds. The summed E-state index contributed by atoms with van der Waals surface area (Å²) in [4.78, 5) is 0. The fourth-order valence-electron chi connectivity index (χ4n) is 1.83. The van der Waals surface area contributed by atoms with E-state index in [2.05, 4.69) is 10.9 Å². The monoisotopic (exact) mass is 258 g/mol. The topological polar surface area (TPSA) is 53.5 Å². The highest BCUT2D eigenvalue weighted by molar-refractivity contribution is 5.46. The summed E-state index contributed by atoms with van der Waals surface area (Å²) < 4.78 is 5.20. The molecule has 2 rings (SSSR count). The number of methoxy groups -OCH3 is 1. The molecule has 100 valence electrons. The molecule has 0 spiro atoms. The number of para-hydroxylation sites is 1. The van der Waals surface area contributed by atoms with Gasteiger partial charge in [0.2, 0.25) is 0 Å². The fraction of sp³-hybridized carbons (Fsp3) is 0.200. The lowest BCUT2D eigenvalue weighted by molar-refractivity contribution is 0.409. The first kappa shape index (κ1) is 13.2. The highest BCUT2D eigenvalue weighted by Crippen LogP contribution is 2.27. The zero-order chi connectivity index (χ0) is 13.7. The van der Waals surface area contributed by atoms with E-state index in [-0.39, 0.29) is 0 Å². The van der Waals surface area contributed by atoms with Crippen LogP contribution in [-0.4, -0.2) is 12.2 Å². The molecule has 0 fully saturated rings. The van der Waals surface area contributed by atoms with Crippen molar-refractivity contribution in [3.05, 3.63) is 53.6 Å². The van der Waals surface area contributed by atoms with Gasteiger partial charge in [-0.05, 0) is 36.8 Å². The van der Waals surface area contributed by atoms with E-state index in [4.69, 9.17) is 4.74 Å².